The van der Waals surface area contributed by atoms with Crippen molar-refractivity contribution in [1.82, 2.24) is 5.32 Å². The van der Waals surface area contributed by atoms with Crippen molar-refractivity contribution in [3.63, 3.8) is 0 Å². The largest absolute Gasteiger partial charge is 0.496 e. The second-order valence-corrected chi connectivity index (χ2v) is 6.24. The molecular weight excluding hydrogens is 278 g/mol. The van der Waals surface area contributed by atoms with Gasteiger partial charge in [-0.05, 0) is 50.7 Å². The molecule has 0 saturated heterocycles. The summed E-state index contributed by atoms with van der Waals surface area (Å²) in [5, 5.41) is 3.28. The Morgan fingerprint density at radius 3 is 2.67 bits per heavy atom. The first-order chi connectivity index (χ1) is 10.1. The SMILES string of the molecule is CNC(C)c1ccc(OC)c(CSc2cccc(C)c2)c1. The summed E-state index contributed by atoms with van der Waals surface area (Å²) < 4.78 is 5.49. The Hall–Kier alpha value is -1.45. The highest BCUT2D eigenvalue weighted by molar-refractivity contribution is 7.98. The van der Waals surface area contributed by atoms with Crippen LogP contribution in [0.15, 0.2) is 47.4 Å². The third-order valence-corrected chi connectivity index (χ3v) is 4.66. The third kappa shape index (κ3) is 4.26. The summed E-state index contributed by atoms with van der Waals surface area (Å²) in [4.78, 5) is 1.30. The number of ether oxygens (including phenoxy) is 1. The normalized spacial score (nSPS) is 12.2. The van der Waals surface area contributed by atoms with E-state index in [-0.39, 0.29) is 0 Å². The average Bonchev–Trinajstić information content (AvgIpc) is 2.52. The minimum absolute atomic E-state index is 0.346. The fourth-order valence-corrected chi connectivity index (χ4v) is 3.21. The Bertz CT molecular complexity index is 598. The lowest BCUT2D eigenvalue weighted by atomic mass is 10.1. The van der Waals surface area contributed by atoms with Gasteiger partial charge in [0, 0.05) is 22.3 Å². The highest BCUT2D eigenvalue weighted by atomic mass is 32.2. The standard InChI is InChI=1S/C18H23NOS/c1-13-6-5-7-17(10-13)21-12-16-11-15(14(2)19-3)8-9-18(16)20-4/h5-11,14,19H,12H2,1-4H3. The van der Waals surface area contributed by atoms with Gasteiger partial charge in [-0.15, -0.1) is 11.8 Å². The van der Waals surface area contributed by atoms with Crippen LogP contribution in [0.1, 0.15) is 29.7 Å². The molecule has 112 valence electrons. The van der Waals surface area contributed by atoms with E-state index in [1.165, 1.54) is 21.6 Å². The van der Waals surface area contributed by atoms with Crippen molar-refractivity contribution in [3.05, 3.63) is 59.2 Å². The Morgan fingerprint density at radius 1 is 1.19 bits per heavy atom. The van der Waals surface area contributed by atoms with Gasteiger partial charge >= 0.3 is 0 Å². The van der Waals surface area contributed by atoms with E-state index in [1.54, 1.807) is 7.11 Å². The van der Waals surface area contributed by atoms with Gasteiger partial charge in [-0.2, -0.15) is 0 Å². The molecule has 0 spiro atoms. The van der Waals surface area contributed by atoms with Crippen LogP contribution < -0.4 is 10.1 Å². The van der Waals surface area contributed by atoms with Gasteiger partial charge in [-0.1, -0.05) is 23.8 Å². The lowest BCUT2D eigenvalue weighted by Gasteiger charge is -2.15. The molecule has 0 fully saturated rings. The van der Waals surface area contributed by atoms with Crippen LogP contribution in [-0.2, 0) is 5.75 Å². The highest BCUT2D eigenvalue weighted by Crippen LogP contribution is 2.30. The summed E-state index contributed by atoms with van der Waals surface area (Å²) in [5.74, 6) is 1.87. The monoisotopic (exact) mass is 301 g/mol. The molecule has 0 aliphatic heterocycles. The molecule has 1 N–H and O–H groups in total. The van der Waals surface area contributed by atoms with Crippen LogP contribution in [0.2, 0.25) is 0 Å². The molecule has 0 amide bonds. The average molecular weight is 301 g/mol. The van der Waals surface area contributed by atoms with Gasteiger partial charge in [0.1, 0.15) is 5.75 Å². The van der Waals surface area contributed by atoms with Gasteiger partial charge in [0.2, 0.25) is 0 Å². The quantitative estimate of drug-likeness (QED) is 0.789. The molecule has 0 aliphatic rings. The number of hydrogen-bond donors (Lipinski definition) is 1. The number of aryl methyl sites for hydroxylation is 1. The Balaban J connectivity index is 2.17. The zero-order chi connectivity index (χ0) is 15.2. The van der Waals surface area contributed by atoms with Crippen molar-refractivity contribution in [1.29, 1.82) is 0 Å². The molecule has 1 unspecified atom stereocenters. The summed E-state index contributed by atoms with van der Waals surface area (Å²) in [6.45, 7) is 4.29. The molecule has 0 aromatic heterocycles. The van der Waals surface area contributed by atoms with Crippen LogP contribution in [0.3, 0.4) is 0 Å². The number of rotatable bonds is 6. The first-order valence-corrected chi connectivity index (χ1v) is 8.16. The van der Waals surface area contributed by atoms with Gasteiger partial charge in [-0.25, -0.2) is 0 Å². The van der Waals surface area contributed by atoms with Gasteiger partial charge in [0.05, 0.1) is 7.11 Å². The molecule has 2 nitrogen and oxygen atoms in total. The lowest BCUT2D eigenvalue weighted by Crippen LogP contribution is -2.12. The smallest absolute Gasteiger partial charge is 0.122 e. The molecule has 2 aromatic rings. The summed E-state index contributed by atoms with van der Waals surface area (Å²) in [6.07, 6.45) is 0. The fraction of sp³-hybridized carbons (Fsp3) is 0.333. The van der Waals surface area contributed by atoms with Crippen LogP contribution in [0.25, 0.3) is 0 Å². The molecule has 3 heteroatoms. The highest BCUT2D eigenvalue weighted by Gasteiger charge is 2.09. The predicted octanol–water partition coefficient (Wildman–Crippen LogP) is 4.58. The lowest BCUT2D eigenvalue weighted by molar-refractivity contribution is 0.411. The van der Waals surface area contributed by atoms with Crippen LogP contribution in [0.5, 0.6) is 5.75 Å². The summed E-state index contributed by atoms with van der Waals surface area (Å²) in [6, 6.07) is 15.4. The van der Waals surface area contributed by atoms with Gasteiger partial charge < -0.3 is 10.1 Å². The molecule has 2 rings (SSSR count). The fourth-order valence-electron chi connectivity index (χ4n) is 2.21. The second kappa shape index (κ2) is 7.53. The first-order valence-electron chi connectivity index (χ1n) is 7.17. The minimum atomic E-state index is 0.346. The minimum Gasteiger partial charge on any atom is -0.496 e. The van der Waals surface area contributed by atoms with Crippen molar-refractivity contribution >= 4 is 11.8 Å². The van der Waals surface area contributed by atoms with Crippen LogP contribution >= 0.6 is 11.8 Å². The molecule has 21 heavy (non-hydrogen) atoms. The van der Waals surface area contributed by atoms with E-state index in [4.69, 9.17) is 4.74 Å². The van der Waals surface area contributed by atoms with E-state index >= 15 is 0 Å². The molecule has 0 heterocycles. The Labute approximate surface area is 131 Å². The van der Waals surface area contributed by atoms with Gasteiger partial charge in [0.15, 0.2) is 0 Å². The van der Waals surface area contributed by atoms with E-state index in [0.29, 0.717) is 6.04 Å². The molecule has 1 atom stereocenters. The van der Waals surface area contributed by atoms with Gasteiger partial charge in [0.25, 0.3) is 0 Å². The number of methoxy groups -OCH3 is 1. The van der Waals surface area contributed by atoms with E-state index in [0.717, 1.165) is 11.5 Å². The summed E-state index contributed by atoms with van der Waals surface area (Å²) in [7, 11) is 3.72. The van der Waals surface area contributed by atoms with Crippen LogP contribution in [-0.4, -0.2) is 14.2 Å². The maximum Gasteiger partial charge on any atom is 0.122 e. The van der Waals surface area contributed by atoms with Crippen molar-refractivity contribution in [2.45, 2.75) is 30.5 Å². The number of nitrogens with one attached hydrogen (secondary N) is 1. The van der Waals surface area contributed by atoms with E-state index in [1.807, 2.05) is 18.8 Å². The summed E-state index contributed by atoms with van der Waals surface area (Å²) in [5.41, 5.74) is 3.83. The Kier molecular flexibility index (Phi) is 5.71. The second-order valence-electron chi connectivity index (χ2n) is 5.19. The molecular formula is C18H23NOS. The predicted molar refractivity (Wildman–Crippen MR) is 91.2 cm³/mol. The maximum atomic E-state index is 5.49. The molecule has 2 aromatic carbocycles. The number of hydrogen-bond acceptors (Lipinski definition) is 3. The molecule has 0 aliphatic carbocycles. The third-order valence-electron chi connectivity index (χ3n) is 3.62. The van der Waals surface area contributed by atoms with Crippen molar-refractivity contribution < 1.29 is 4.74 Å². The summed E-state index contributed by atoms with van der Waals surface area (Å²) >= 11 is 1.84. The number of benzene rings is 2. The first kappa shape index (κ1) is 15.9. The van der Waals surface area contributed by atoms with E-state index in [9.17, 15) is 0 Å². The Morgan fingerprint density at radius 2 is 2.00 bits per heavy atom. The van der Waals surface area contributed by atoms with Crippen molar-refractivity contribution in [2.75, 3.05) is 14.2 Å². The van der Waals surface area contributed by atoms with Crippen molar-refractivity contribution in [3.8, 4) is 5.75 Å². The van der Waals surface area contributed by atoms with Gasteiger partial charge in [-0.3, -0.25) is 0 Å². The molecule has 0 saturated carbocycles. The topological polar surface area (TPSA) is 21.3 Å². The van der Waals surface area contributed by atoms with Crippen LogP contribution in [0, 0.1) is 6.92 Å². The number of thioether (sulfide) groups is 1. The molecule has 0 bridgehead atoms. The maximum absolute atomic E-state index is 5.49. The van der Waals surface area contributed by atoms with Crippen LogP contribution in [0.4, 0.5) is 0 Å². The van der Waals surface area contributed by atoms with E-state index < -0.39 is 0 Å². The zero-order valence-corrected chi connectivity index (χ0v) is 14.0. The van der Waals surface area contributed by atoms with Crippen molar-refractivity contribution in [2.24, 2.45) is 0 Å². The van der Waals surface area contributed by atoms with E-state index in [2.05, 4.69) is 61.6 Å². The molecule has 0 radical (unpaired) electrons. The zero-order valence-electron chi connectivity index (χ0n) is 13.1.